The van der Waals surface area contributed by atoms with Gasteiger partial charge in [0.25, 0.3) is 0 Å². The van der Waals surface area contributed by atoms with Gasteiger partial charge in [0.15, 0.2) is 5.17 Å². The number of aryl methyl sites for hydroxylation is 1. The normalized spacial score (nSPS) is 17.7. The third-order valence-corrected chi connectivity index (χ3v) is 5.22. The van der Waals surface area contributed by atoms with E-state index in [1.165, 1.54) is 17.3 Å². The number of thioether (sulfide) groups is 1. The second kappa shape index (κ2) is 10.9. The third kappa shape index (κ3) is 6.82. The van der Waals surface area contributed by atoms with E-state index in [0.29, 0.717) is 5.17 Å². The molecule has 146 valence electrons. The molecule has 2 N–H and O–H groups in total. The molecule has 1 heterocycles. The highest BCUT2D eigenvalue weighted by Crippen LogP contribution is 2.23. The molecular formula is C20H28N4O2S. The van der Waals surface area contributed by atoms with E-state index in [-0.39, 0.29) is 18.2 Å². The summed E-state index contributed by atoms with van der Waals surface area (Å²) >= 11 is 1.26. The third-order valence-electron chi connectivity index (χ3n) is 4.15. The molecule has 1 saturated heterocycles. The van der Waals surface area contributed by atoms with Gasteiger partial charge in [0.2, 0.25) is 11.8 Å². The van der Waals surface area contributed by atoms with Gasteiger partial charge in [-0.1, -0.05) is 57.5 Å². The average Bonchev–Trinajstić information content (AvgIpc) is 3.00. The molecule has 1 atom stereocenters. The maximum atomic E-state index is 12.2. The van der Waals surface area contributed by atoms with Crippen molar-refractivity contribution in [3.05, 3.63) is 29.8 Å². The Balaban J connectivity index is 1.91. The molecule has 0 aromatic heterocycles. The van der Waals surface area contributed by atoms with Gasteiger partial charge < -0.3 is 10.6 Å². The molecule has 2 rings (SSSR count). The maximum absolute atomic E-state index is 12.2. The van der Waals surface area contributed by atoms with Crippen molar-refractivity contribution in [1.82, 2.24) is 5.32 Å². The molecule has 1 aromatic rings. The van der Waals surface area contributed by atoms with Gasteiger partial charge in [0.05, 0.1) is 0 Å². The molecular weight excluding hydrogens is 360 g/mol. The second-order valence-corrected chi connectivity index (χ2v) is 7.66. The van der Waals surface area contributed by atoms with Crippen LogP contribution in [0.15, 0.2) is 34.5 Å². The van der Waals surface area contributed by atoms with Gasteiger partial charge >= 0.3 is 0 Å². The first-order chi connectivity index (χ1) is 13.0. The Kier molecular flexibility index (Phi) is 8.51. The molecule has 2 amide bonds. The lowest BCUT2D eigenvalue weighted by Gasteiger charge is -2.08. The molecule has 7 heteroatoms. The molecule has 1 fully saturated rings. The Morgan fingerprint density at radius 3 is 2.41 bits per heavy atom. The minimum atomic E-state index is -0.477. The van der Waals surface area contributed by atoms with Crippen LogP contribution in [0.1, 0.15) is 58.4 Å². The van der Waals surface area contributed by atoms with E-state index >= 15 is 0 Å². The van der Waals surface area contributed by atoms with Crippen LogP contribution in [0.4, 0.5) is 5.69 Å². The van der Waals surface area contributed by atoms with E-state index in [1.807, 2.05) is 24.3 Å². The van der Waals surface area contributed by atoms with E-state index in [0.717, 1.165) is 43.5 Å². The molecule has 0 saturated carbocycles. The zero-order chi connectivity index (χ0) is 19.6. The van der Waals surface area contributed by atoms with Gasteiger partial charge in [-0.25, -0.2) is 0 Å². The number of amidine groups is 1. The van der Waals surface area contributed by atoms with E-state index < -0.39 is 5.25 Å². The topological polar surface area (TPSA) is 82.9 Å². The number of carbonyl (C=O) groups is 2. The van der Waals surface area contributed by atoms with Gasteiger partial charge in [-0.2, -0.15) is 5.10 Å². The van der Waals surface area contributed by atoms with Crippen molar-refractivity contribution in [3.8, 4) is 0 Å². The molecule has 1 aliphatic heterocycles. The number of rotatable bonds is 9. The molecule has 0 aliphatic carbocycles. The van der Waals surface area contributed by atoms with E-state index in [2.05, 4.69) is 41.6 Å². The van der Waals surface area contributed by atoms with Crippen LogP contribution < -0.4 is 10.6 Å². The highest BCUT2D eigenvalue weighted by Gasteiger charge is 2.32. The van der Waals surface area contributed by atoms with Crippen LogP contribution in [-0.2, 0) is 16.0 Å². The highest BCUT2D eigenvalue weighted by atomic mass is 32.2. The Morgan fingerprint density at radius 1 is 1.15 bits per heavy atom. The van der Waals surface area contributed by atoms with E-state index in [1.54, 1.807) is 0 Å². The van der Waals surface area contributed by atoms with Crippen molar-refractivity contribution in [1.29, 1.82) is 0 Å². The average molecular weight is 389 g/mol. The van der Waals surface area contributed by atoms with E-state index in [4.69, 9.17) is 0 Å². The standard InChI is InChI=1S/C20H28N4O2S/c1-4-7-16(8-5-2)23-24-20-22-19(26)17(27-20)13-18(25)21-15-11-9-14(6-3)10-12-15/h9-12,17H,4-8,13H2,1-3H3,(H,21,25)(H,22,24,26)/t17-/m1/s1. The van der Waals surface area contributed by atoms with Crippen LogP contribution in [0.3, 0.4) is 0 Å². The summed E-state index contributed by atoms with van der Waals surface area (Å²) in [6, 6.07) is 7.73. The number of carbonyl (C=O) groups excluding carboxylic acids is 2. The van der Waals surface area contributed by atoms with E-state index in [9.17, 15) is 9.59 Å². The minimum absolute atomic E-state index is 0.103. The molecule has 0 bridgehead atoms. The largest absolute Gasteiger partial charge is 0.326 e. The number of nitrogens with zero attached hydrogens (tertiary/aromatic N) is 2. The zero-order valence-corrected chi connectivity index (χ0v) is 17.1. The zero-order valence-electron chi connectivity index (χ0n) is 16.2. The SMILES string of the molecule is CCCC(CCC)=N/N=C1\NC(=O)[C@@H](CC(=O)Nc2ccc(CC)cc2)S1. The lowest BCUT2D eigenvalue weighted by atomic mass is 10.1. The van der Waals surface area contributed by atoms with Crippen LogP contribution in [0, 0.1) is 0 Å². The Morgan fingerprint density at radius 2 is 1.81 bits per heavy atom. The Bertz CT molecular complexity index is 705. The van der Waals surface area contributed by atoms with Crippen molar-refractivity contribution < 1.29 is 9.59 Å². The van der Waals surface area contributed by atoms with Crippen LogP contribution >= 0.6 is 11.8 Å². The van der Waals surface area contributed by atoms with Crippen molar-refractivity contribution in [2.45, 2.75) is 64.5 Å². The van der Waals surface area contributed by atoms with Gasteiger partial charge in [-0.3, -0.25) is 9.59 Å². The number of benzene rings is 1. The number of hydrogen-bond donors (Lipinski definition) is 2. The molecule has 27 heavy (non-hydrogen) atoms. The number of hydrogen-bond acceptors (Lipinski definition) is 5. The van der Waals surface area contributed by atoms with Crippen LogP contribution in [-0.4, -0.2) is 27.9 Å². The van der Waals surface area contributed by atoms with Crippen LogP contribution in [0.2, 0.25) is 0 Å². The van der Waals surface area contributed by atoms with Crippen molar-refractivity contribution in [3.63, 3.8) is 0 Å². The van der Waals surface area contributed by atoms with Crippen molar-refractivity contribution in [2.75, 3.05) is 5.32 Å². The number of amides is 2. The summed E-state index contributed by atoms with van der Waals surface area (Å²) in [5.74, 6) is -0.382. The lowest BCUT2D eigenvalue weighted by Crippen LogP contribution is -2.28. The summed E-state index contributed by atoms with van der Waals surface area (Å²) < 4.78 is 0. The summed E-state index contributed by atoms with van der Waals surface area (Å²) in [7, 11) is 0. The summed E-state index contributed by atoms with van der Waals surface area (Å²) in [4.78, 5) is 24.4. The van der Waals surface area contributed by atoms with Gasteiger partial charge in [-0.15, -0.1) is 5.10 Å². The van der Waals surface area contributed by atoms with Crippen molar-refractivity contribution >= 4 is 40.1 Å². The summed E-state index contributed by atoms with van der Waals surface area (Å²) in [6.07, 6.45) is 4.91. The second-order valence-electron chi connectivity index (χ2n) is 6.47. The Labute approximate surface area is 165 Å². The molecule has 1 aliphatic rings. The lowest BCUT2D eigenvalue weighted by molar-refractivity contribution is -0.122. The summed E-state index contributed by atoms with van der Waals surface area (Å²) in [5, 5.41) is 14.0. The number of anilines is 1. The molecule has 6 nitrogen and oxygen atoms in total. The van der Waals surface area contributed by atoms with Gasteiger partial charge in [-0.05, 0) is 37.0 Å². The number of nitrogens with one attached hydrogen (secondary N) is 2. The Hall–Kier alpha value is -2.15. The maximum Gasteiger partial charge on any atom is 0.240 e. The monoisotopic (exact) mass is 388 g/mol. The summed E-state index contributed by atoms with van der Waals surface area (Å²) in [6.45, 7) is 6.30. The molecule has 0 unspecified atom stereocenters. The fraction of sp³-hybridized carbons (Fsp3) is 0.500. The van der Waals surface area contributed by atoms with Gasteiger partial charge in [0.1, 0.15) is 5.25 Å². The minimum Gasteiger partial charge on any atom is -0.326 e. The summed E-state index contributed by atoms with van der Waals surface area (Å²) in [5.41, 5.74) is 2.99. The first-order valence-electron chi connectivity index (χ1n) is 9.55. The van der Waals surface area contributed by atoms with Crippen molar-refractivity contribution in [2.24, 2.45) is 10.2 Å². The molecule has 1 aromatic carbocycles. The fourth-order valence-electron chi connectivity index (χ4n) is 2.71. The first kappa shape index (κ1) is 21.2. The predicted molar refractivity (Wildman–Crippen MR) is 113 cm³/mol. The quantitative estimate of drug-likeness (QED) is 0.493. The fourth-order valence-corrected chi connectivity index (χ4v) is 3.63. The highest BCUT2D eigenvalue weighted by molar-refractivity contribution is 8.15. The first-order valence-corrected chi connectivity index (χ1v) is 10.4. The molecule has 0 spiro atoms. The smallest absolute Gasteiger partial charge is 0.240 e. The predicted octanol–water partition coefficient (Wildman–Crippen LogP) is 4.12. The van der Waals surface area contributed by atoms with Crippen LogP contribution in [0.5, 0.6) is 0 Å². The van der Waals surface area contributed by atoms with Gasteiger partial charge in [0, 0.05) is 17.8 Å². The van der Waals surface area contributed by atoms with Crippen LogP contribution in [0.25, 0.3) is 0 Å². The molecule has 0 radical (unpaired) electrons.